The van der Waals surface area contributed by atoms with Gasteiger partial charge >= 0.3 is 12.1 Å². The number of esters is 1. The van der Waals surface area contributed by atoms with Gasteiger partial charge in [-0.15, -0.1) is 0 Å². The van der Waals surface area contributed by atoms with Crippen LogP contribution in [0.5, 0.6) is 0 Å². The number of fused-ring (bicyclic) bond motifs is 1. The van der Waals surface area contributed by atoms with E-state index < -0.39 is 30.1 Å². The van der Waals surface area contributed by atoms with Crippen molar-refractivity contribution in [2.75, 3.05) is 19.8 Å². The van der Waals surface area contributed by atoms with Gasteiger partial charge in [0, 0.05) is 17.0 Å². The van der Waals surface area contributed by atoms with Crippen molar-refractivity contribution in [2.24, 2.45) is 0 Å². The molecule has 1 aromatic heterocycles. The molecule has 2 heterocycles. The number of aromatic nitrogens is 1. The van der Waals surface area contributed by atoms with E-state index in [1.807, 2.05) is 0 Å². The summed E-state index contributed by atoms with van der Waals surface area (Å²) in [6.45, 7) is -0.352. The number of cyclic esters (lactones) is 1. The standard InChI is InChI=1S/C15H12N2O6/c18-12-7-10(9-3-1-2-4-11(9)16-12)14(20)23-8-13(19)17-5-6-22-15(17)21/h1-4,7H,5-6,8H2,(H,16,18). The summed E-state index contributed by atoms with van der Waals surface area (Å²) in [6, 6.07) is 7.85. The molecule has 8 heteroatoms. The number of aromatic amines is 1. The molecule has 1 aliphatic rings. The fourth-order valence-corrected chi connectivity index (χ4v) is 2.28. The van der Waals surface area contributed by atoms with Crippen LogP contribution in [0.1, 0.15) is 10.4 Å². The Morgan fingerprint density at radius 2 is 2.04 bits per heavy atom. The second kappa shape index (κ2) is 5.91. The molecule has 2 aromatic rings. The molecule has 1 fully saturated rings. The van der Waals surface area contributed by atoms with Crippen LogP contribution in [-0.2, 0) is 14.3 Å². The van der Waals surface area contributed by atoms with Crippen LogP contribution in [0.2, 0.25) is 0 Å². The average Bonchev–Trinajstić information content (AvgIpc) is 2.97. The number of benzene rings is 1. The number of hydrogen-bond donors (Lipinski definition) is 1. The van der Waals surface area contributed by atoms with Crippen LogP contribution in [0.25, 0.3) is 10.9 Å². The van der Waals surface area contributed by atoms with Crippen molar-refractivity contribution in [3.63, 3.8) is 0 Å². The number of rotatable bonds is 3. The number of H-pyrrole nitrogens is 1. The predicted molar refractivity (Wildman–Crippen MR) is 77.9 cm³/mol. The van der Waals surface area contributed by atoms with Crippen LogP contribution in [0, 0.1) is 0 Å². The normalized spacial score (nSPS) is 13.9. The molecule has 0 bridgehead atoms. The quantitative estimate of drug-likeness (QED) is 0.834. The molecule has 1 N–H and O–H groups in total. The zero-order valence-corrected chi connectivity index (χ0v) is 11.9. The minimum absolute atomic E-state index is 0.0566. The van der Waals surface area contributed by atoms with Gasteiger partial charge in [0.05, 0.1) is 12.1 Å². The number of nitrogens with zero attached hydrogens (tertiary/aromatic N) is 1. The number of pyridine rings is 1. The Balaban J connectivity index is 1.77. The molecule has 1 aromatic carbocycles. The van der Waals surface area contributed by atoms with Gasteiger partial charge in [0.2, 0.25) is 5.56 Å². The second-order valence-corrected chi connectivity index (χ2v) is 4.83. The number of amides is 2. The Morgan fingerprint density at radius 3 is 2.78 bits per heavy atom. The van der Waals surface area contributed by atoms with Gasteiger partial charge in [0.25, 0.3) is 5.91 Å². The first kappa shape index (κ1) is 14.8. The first-order valence-corrected chi connectivity index (χ1v) is 6.82. The monoisotopic (exact) mass is 316 g/mol. The Bertz CT molecular complexity index is 856. The fraction of sp³-hybridized carbons (Fsp3) is 0.200. The van der Waals surface area contributed by atoms with Crippen molar-refractivity contribution in [3.05, 3.63) is 46.2 Å². The van der Waals surface area contributed by atoms with E-state index in [0.717, 1.165) is 11.0 Å². The summed E-state index contributed by atoms with van der Waals surface area (Å²) in [5.41, 5.74) is 0.0904. The maximum Gasteiger partial charge on any atom is 0.416 e. The van der Waals surface area contributed by atoms with Crippen molar-refractivity contribution in [1.82, 2.24) is 9.88 Å². The summed E-state index contributed by atoms with van der Waals surface area (Å²) < 4.78 is 9.55. The molecule has 8 nitrogen and oxygen atoms in total. The van der Waals surface area contributed by atoms with Crippen molar-refractivity contribution < 1.29 is 23.9 Å². The van der Waals surface area contributed by atoms with E-state index in [0.29, 0.717) is 10.9 Å². The fourth-order valence-electron chi connectivity index (χ4n) is 2.28. The largest absolute Gasteiger partial charge is 0.452 e. The highest BCUT2D eigenvalue weighted by Gasteiger charge is 2.29. The summed E-state index contributed by atoms with van der Waals surface area (Å²) in [7, 11) is 0. The minimum Gasteiger partial charge on any atom is -0.452 e. The maximum absolute atomic E-state index is 12.1. The van der Waals surface area contributed by atoms with Crippen molar-refractivity contribution in [2.45, 2.75) is 0 Å². The minimum atomic E-state index is -0.812. The van der Waals surface area contributed by atoms with E-state index in [2.05, 4.69) is 9.72 Å². The number of ether oxygens (including phenoxy) is 2. The molecular weight excluding hydrogens is 304 g/mol. The van der Waals surface area contributed by atoms with Gasteiger partial charge in [0.1, 0.15) is 6.61 Å². The number of carbonyl (C=O) groups is 3. The Kier molecular flexibility index (Phi) is 3.80. The summed E-state index contributed by atoms with van der Waals surface area (Å²) in [6.07, 6.45) is -0.757. The van der Waals surface area contributed by atoms with Gasteiger partial charge in [-0.25, -0.2) is 14.5 Å². The molecule has 0 atom stereocenters. The lowest BCUT2D eigenvalue weighted by Crippen LogP contribution is -2.35. The molecule has 2 amide bonds. The molecule has 3 rings (SSSR count). The molecule has 118 valence electrons. The first-order chi connectivity index (χ1) is 11.1. The SMILES string of the molecule is O=C(OCC(=O)N1CCOC1=O)c1cc(=O)[nH]c2ccccc12. The number of imide groups is 1. The van der Waals surface area contributed by atoms with Gasteiger partial charge in [-0.3, -0.25) is 9.59 Å². The van der Waals surface area contributed by atoms with E-state index in [4.69, 9.17) is 4.74 Å². The van der Waals surface area contributed by atoms with E-state index in [1.54, 1.807) is 24.3 Å². The molecule has 0 spiro atoms. The molecule has 0 aliphatic carbocycles. The van der Waals surface area contributed by atoms with Crippen LogP contribution in [0.15, 0.2) is 35.1 Å². The van der Waals surface area contributed by atoms with Crippen molar-refractivity contribution >= 4 is 28.9 Å². The Labute approximate surface area is 129 Å². The number of carbonyl (C=O) groups excluding carboxylic acids is 3. The smallest absolute Gasteiger partial charge is 0.416 e. The van der Waals surface area contributed by atoms with Gasteiger partial charge in [0.15, 0.2) is 6.61 Å². The highest BCUT2D eigenvalue weighted by atomic mass is 16.6. The summed E-state index contributed by atoms with van der Waals surface area (Å²) in [5.74, 6) is -1.48. The molecule has 0 radical (unpaired) electrons. The molecule has 0 saturated carbocycles. The topological polar surface area (TPSA) is 106 Å². The van der Waals surface area contributed by atoms with E-state index in [9.17, 15) is 19.2 Å². The maximum atomic E-state index is 12.1. The second-order valence-electron chi connectivity index (χ2n) is 4.83. The molecule has 1 saturated heterocycles. The molecule has 23 heavy (non-hydrogen) atoms. The van der Waals surface area contributed by atoms with E-state index >= 15 is 0 Å². The van der Waals surface area contributed by atoms with E-state index in [1.165, 1.54) is 0 Å². The predicted octanol–water partition coefficient (Wildman–Crippen LogP) is 0.664. The number of hydrogen-bond acceptors (Lipinski definition) is 6. The lowest BCUT2D eigenvalue weighted by Gasteiger charge is -2.11. The van der Waals surface area contributed by atoms with Gasteiger partial charge in [-0.1, -0.05) is 18.2 Å². The van der Waals surface area contributed by atoms with Gasteiger partial charge in [-0.2, -0.15) is 0 Å². The molecule has 0 unspecified atom stereocenters. The van der Waals surface area contributed by atoms with Crippen LogP contribution >= 0.6 is 0 Å². The average molecular weight is 316 g/mol. The van der Waals surface area contributed by atoms with Crippen molar-refractivity contribution in [1.29, 1.82) is 0 Å². The van der Waals surface area contributed by atoms with Crippen LogP contribution in [0.4, 0.5) is 4.79 Å². The molecular formula is C15H12N2O6. The number of para-hydroxylation sites is 1. The zero-order chi connectivity index (χ0) is 16.4. The first-order valence-electron chi connectivity index (χ1n) is 6.82. The van der Waals surface area contributed by atoms with Crippen LogP contribution in [-0.4, -0.2) is 47.6 Å². The number of nitrogens with one attached hydrogen (secondary N) is 1. The summed E-state index contributed by atoms with van der Waals surface area (Å²) in [5, 5.41) is 0.505. The summed E-state index contributed by atoms with van der Waals surface area (Å²) in [4.78, 5) is 50.3. The van der Waals surface area contributed by atoms with Crippen LogP contribution < -0.4 is 5.56 Å². The Hall–Kier alpha value is -3.16. The van der Waals surface area contributed by atoms with Gasteiger partial charge < -0.3 is 14.5 Å². The van der Waals surface area contributed by atoms with Gasteiger partial charge in [-0.05, 0) is 6.07 Å². The van der Waals surface area contributed by atoms with E-state index in [-0.39, 0.29) is 18.7 Å². The third-order valence-electron chi connectivity index (χ3n) is 3.36. The molecule has 1 aliphatic heterocycles. The lowest BCUT2D eigenvalue weighted by atomic mass is 10.1. The Morgan fingerprint density at radius 1 is 1.26 bits per heavy atom. The highest BCUT2D eigenvalue weighted by molar-refractivity contribution is 6.04. The third kappa shape index (κ3) is 2.91. The lowest BCUT2D eigenvalue weighted by molar-refractivity contribution is -0.131. The van der Waals surface area contributed by atoms with Crippen molar-refractivity contribution in [3.8, 4) is 0 Å². The summed E-state index contributed by atoms with van der Waals surface area (Å²) >= 11 is 0. The van der Waals surface area contributed by atoms with Crippen LogP contribution in [0.3, 0.4) is 0 Å². The third-order valence-corrected chi connectivity index (χ3v) is 3.36. The highest BCUT2D eigenvalue weighted by Crippen LogP contribution is 2.15. The zero-order valence-electron chi connectivity index (χ0n) is 11.9.